The summed E-state index contributed by atoms with van der Waals surface area (Å²) in [5.74, 6) is -1.95. The molecule has 1 aromatic carbocycles. The largest absolute Gasteiger partial charge is 0.507 e. The average Bonchev–Trinajstić information content (AvgIpc) is 3.36. The number of aliphatic hydroxyl groups is 1. The van der Waals surface area contributed by atoms with Crippen LogP contribution in [-0.2, 0) is 14.3 Å². The number of nitrogens with zero attached hydrogens (tertiary/aromatic N) is 3. The zero-order valence-corrected chi connectivity index (χ0v) is 15.9. The molecule has 1 N–H and O–H groups in total. The number of aromatic nitrogens is 1. The van der Waals surface area contributed by atoms with Crippen molar-refractivity contribution in [1.82, 2.24) is 9.88 Å². The van der Waals surface area contributed by atoms with E-state index >= 15 is 0 Å². The summed E-state index contributed by atoms with van der Waals surface area (Å²) in [6, 6.07) is 9.41. The Hall–Kier alpha value is -3.59. The van der Waals surface area contributed by atoms with E-state index in [0.29, 0.717) is 12.3 Å². The van der Waals surface area contributed by atoms with E-state index in [4.69, 9.17) is 4.74 Å². The summed E-state index contributed by atoms with van der Waals surface area (Å²) in [5.41, 5.74) is 0.409. The molecule has 3 heterocycles. The van der Waals surface area contributed by atoms with Gasteiger partial charge in [-0.2, -0.15) is 0 Å². The number of nitro groups is 1. The summed E-state index contributed by atoms with van der Waals surface area (Å²) in [5, 5.41) is 21.8. The average molecular weight is 409 g/mol. The highest BCUT2D eigenvalue weighted by Gasteiger charge is 2.47. The molecule has 30 heavy (non-hydrogen) atoms. The Morgan fingerprint density at radius 1 is 1.23 bits per heavy atom. The molecule has 2 saturated heterocycles. The molecular formula is C21H19N3O6. The first-order valence-corrected chi connectivity index (χ1v) is 9.53. The van der Waals surface area contributed by atoms with Crippen LogP contribution >= 0.6 is 0 Å². The van der Waals surface area contributed by atoms with Gasteiger partial charge in [-0.15, -0.1) is 0 Å². The van der Waals surface area contributed by atoms with E-state index in [1.807, 2.05) is 0 Å². The van der Waals surface area contributed by atoms with E-state index < -0.39 is 28.4 Å². The Morgan fingerprint density at radius 3 is 2.60 bits per heavy atom. The SMILES string of the molecule is O=C1C(=O)N(CC2CCCO2)C(c2ccccn2)/C1=C(/O)c1ccc([N+](=O)[O-])cc1. The van der Waals surface area contributed by atoms with Crippen LogP contribution in [0.2, 0.25) is 0 Å². The highest BCUT2D eigenvalue weighted by Crippen LogP contribution is 2.39. The van der Waals surface area contributed by atoms with Crippen molar-refractivity contribution >= 4 is 23.1 Å². The number of nitro benzene ring substituents is 1. The predicted octanol–water partition coefficient (Wildman–Crippen LogP) is 2.59. The lowest BCUT2D eigenvalue weighted by Crippen LogP contribution is -2.36. The third-order valence-electron chi connectivity index (χ3n) is 5.28. The molecule has 9 nitrogen and oxygen atoms in total. The molecule has 1 amide bonds. The summed E-state index contributed by atoms with van der Waals surface area (Å²) < 4.78 is 5.63. The van der Waals surface area contributed by atoms with E-state index in [-0.39, 0.29) is 29.5 Å². The van der Waals surface area contributed by atoms with Crippen LogP contribution in [0.1, 0.15) is 30.1 Å². The summed E-state index contributed by atoms with van der Waals surface area (Å²) in [6.07, 6.45) is 3.02. The van der Waals surface area contributed by atoms with Crippen LogP contribution in [0.3, 0.4) is 0 Å². The third kappa shape index (κ3) is 3.55. The first-order valence-electron chi connectivity index (χ1n) is 9.53. The quantitative estimate of drug-likeness (QED) is 0.265. The molecule has 4 rings (SSSR count). The van der Waals surface area contributed by atoms with Gasteiger partial charge in [-0.25, -0.2) is 0 Å². The van der Waals surface area contributed by atoms with Gasteiger partial charge in [0.05, 0.1) is 22.3 Å². The minimum Gasteiger partial charge on any atom is -0.507 e. The number of ketones is 1. The number of carbonyl (C=O) groups is 2. The van der Waals surface area contributed by atoms with Crippen molar-refractivity contribution in [2.75, 3.05) is 13.2 Å². The van der Waals surface area contributed by atoms with E-state index in [2.05, 4.69) is 4.98 Å². The van der Waals surface area contributed by atoms with Crippen molar-refractivity contribution in [1.29, 1.82) is 0 Å². The van der Waals surface area contributed by atoms with E-state index in [1.165, 1.54) is 29.2 Å². The lowest BCUT2D eigenvalue weighted by molar-refractivity contribution is -0.384. The number of rotatable bonds is 5. The predicted molar refractivity (Wildman–Crippen MR) is 105 cm³/mol. The van der Waals surface area contributed by atoms with Crippen molar-refractivity contribution in [2.24, 2.45) is 0 Å². The minimum absolute atomic E-state index is 0.0921. The van der Waals surface area contributed by atoms with Crippen LogP contribution in [0.5, 0.6) is 0 Å². The van der Waals surface area contributed by atoms with Gasteiger partial charge in [-0.3, -0.25) is 24.7 Å². The first kappa shape index (κ1) is 19.7. The van der Waals surface area contributed by atoms with Gasteiger partial charge in [0, 0.05) is 37.0 Å². The number of benzene rings is 1. The molecule has 9 heteroatoms. The number of non-ortho nitro benzene ring substituents is 1. The standard InChI is InChI=1S/C21H19N3O6/c25-19(13-6-8-14(9-7-13)24(28)29)17-18(16-5-1-2-10-22-16)23(21(27)20(17)26)12-15-4-3-11-30-15/h1-2,5-10,15,18,25H,3-4,11-12H2/b19-17-. The molecule has 1 aromatic heterocycles. The highest BCUT2D eigenvalue weighted by atomic mass is 16.6. The molecule has 2 fully saturated rings. The van der Waals surface area contributed by atoms with Gasteiger partial charge < -0.3 is 14.7 Å². The molecule has 0 aliphatic carbocycles. The fourth-order valence-corrected chi connectivity index (χ4v) is 3.82. The zero-order valence-electron chi connectivity index (χ0n) is 15.9. The van der Waals surface area contributed by atoms with Crippen molar-refractivity contribution in [2.45, 2.75) is 25.0 Å². The number of aliphatic hydroxyl groups excluding tert-OH is 1. The first-order chi connectivity index (χ1) is 14.5. The van der Waals surface area contributed by atoms with E-state index in [9.17, 15) is 24.8 Å². The Morgan fingerprint density at radius 2 is 2.00 bits per heavy atom. The molecule has 0 radical (unpaired) electrons. The maximum atomic E-state index is 12.9. The zero-order chi connectivity index (χ0) is 21.3. The normalized spacial score (nSPS) is 23.1. The molecule has 2 aromatic rings. The summed E-state index contributed by atoms with van der Waals surface area (Å²) in [7, 11) is 0. The van der Waals surface area contributed by atoms with Gasteiger partial charge in [0.25, 0.3) is 17.4 Å². The van der Waals surface area contributed by atoms with E-state index in [0.717, 1.165) is 12.8 Å². The number of amides is 1. The lowest BCUT2D eigenvalue weighted by Gasteiger charge is -2.26. The van der Waals surface area contributed by atoms with Crippen LogP contribution in [-0.4, -0.2) is 50.9 Å². The number of pyridine rings is 1. The lowest BCUT2D eigenvalue weighted by atomic mass is 9.98. The monoisotopic (exact) mass is 409 g/mol. The van der Waals surface area contributed by atoms with E-state index in [1.54, 1.807) is 24.4 Å². The molecule has 2 aliphatic heterocycles. The summed E-state index contributed by atoms with van der Waals surface area (Å²) >= 11 is 0. The second-order valence-electron chi connectivity index (χ2n) is 7.15. The van der Waals surface area contributed by atoms with Crippen LogP contribution in [0.15, 0.2) is 54.2 Å². The fraction of sp³-hybridized carbons (Fsp3) is 0.286. The molecule has 0 spiro atoms. The smallest absolute Gasteiger partial charge is 0.295 e. The van der Waals surface area contributed by atoms with Gasteiger partial charge in [0.1, 0.15) is 11.8 Å². The Bertz CT molecular complexity index is 1010. The highest BCUT2D eigenvalue weighted by molar-refractivity contribution is 6.46. The topological polar surface area (TPSA) is 123 Å². The third-order valence-corrected chi connectivity index (χ3v) is 5.28. The number of ether oxygens (including phenoxy) is 1. The van der Waals surface area contributed by atoms with Crippen molar-refractivity contribution < 1.29 is 24.4 Å². The van der Waals surface area contributed by atoms with Crippen molar-refractivity contribution in [3.05, 3.63) is 75.6 Å². The maximum absolute atomic E-state index is 12.9. The molecule has 2 aliphatic rings. The van der Waals surface area contributed by atoms with Gasteiger partial charge in [0.2, 0.25) is 0 Å². The molecule has 2 atom stereocenters. The second kappa shape index (κ2) is 8.03. The number of carbonyl (C=O) groups excluding carboxylic acids is 2. The molecule has 0 bridgehead atoms. The van der Waals surface area contributed by atoms with Crippen LogP contribution in [0.4, 0.5) is 5.69 Å². The molecule has 2 unspecified atom stereocenters. The Labute approximate surface area is 171 Å². The number of likely N-dealkylation sites (tertiary alicyclic amines) is 1. The van der Waals surface area contributed by atoms with Gasteiger partial charge in [-0.1, -0.05) is 6.07 Å². The summed E-state index contributed by atoms with van der Waals surface area (Å²) in [4.78, 5) is 41.7. The van der Waals surface area contributed by atoms with Gasteiger partial charge in [-0.05, 0) is 37.1 Å². The van der Waals surface area contributed by atoms with Crippen LogP contribution in [0.25, 0.3) is 5.76 Å². The van der Waals surface area contributed by atoms with Gasteiger partial charge >= 0.3 is 0 Å². The number of hydrogen-bond donors (Lipinski definition) is 1. The second-order valence-corrected chi connectivity index (χ2v) is 7.15. The van der Waals surface area contributed by atoms with Crippen molar-refractivity contribution in [3.63, 3.8) is 0 Å². The van der Waals surface area contributed by atoms with Gasteiger partial charge in [0.15, 0.2) is 0 Å². The maximum Gasteiger partial charge on any atom is 0.295 e. The van der Waals surface area contributed by atoms with Crippen LogP contribution < -0.4 is 0 Å². The van der Waals surface area contributed by atoms with Crippen LogP contribution in [0, 0.1) is 10.1 Å². The van der Waals surface area contributed by atoms with Crippen molar-refractivity contribution in [3.8, 4) is 0 Å². The Balaban J connectivity index is 1.79. The Kier molecular flexibility index (Phi) is 5.28. The molecule has 154 valence electrons. The molecular weight excluding hydrogens is 390 g/mol. The minimum atomic E-state index is -0.870. The number of Topliss-reactive ketones (excluding diaryl/α,β-unsaturated/α-hetero) is 1. The fourth-order valence-electron chi connectivity index (χ4n) is 3.82. The number of hydrogen-bond acceptors (Lipinski definition) is 7. The summed E-state index contributed by atoms with van der Waals surface area (Å²) in [6.45, 7) is 0.814. The molecule has 0 saturated carbocycles.